The first-order valence-electron chi connectivity index (χ1n) is 12.3. The summed E-state index contributed by atoms with van der Waals surface area (Å²) in [6.45, 7) is 5.06. The van der Waals surface area contributed by atoms with Gasteiger partial charge in [-0.25, -0.2) is 4.68 Å². The van der Waals surface area contributed by atoms with Gasteiger partial charge < -0.3 is 19.3 Å². The number of aromatic nitrogens is 2. The van der Waals surface area contributed by atoms with Gasteiger partial charge in [0.2, 0.25) is 5.91 Å². The van der Waals surface area contributed by atoms with Gasteiger partial charge in [-0.05, 0) is 56.5 Å². The maximum absolute atomic E-state index is 13.7. The number of likely N-dealkylation sites (tertiary alicyclic amines) is 1. The van der Waals surface area contributed by atoms with Crippen LogP contribution in [0.2, 0.25) is 0 Å². The molecule has 0 radical (unpaired) electrons. The molecule has 0 saturated carbocycles. The summed E-state index contributed by atoms with van der Waals surface area (Å²) >= 11 is 0. The topological polar surface area (TPSA) is 76.9 Å². The van der Waals surface area contributed by atoms with Gasteiger partial charge in [0.15, 0.2) is 17.2 Å². The molecule has 4 rings (SSSR count). The smallest absolute Gasteiger partial charge is 0.275 e. The average molecular weight is 491 g/mol. The molecule has 1 aliphatic heterocycles. The second kappa shape index (κ2) is 10.8. The van der Waals surface area contributed by atoms with E-state index >= 15 is 0 Å². The number of carbonyl (C=O) groups excluding carboxylic acids is 2. The highest BCUT2D eigenvalue weighted by molar-refractivity contribution is 5.99. The molecule has 0 N–H and O–H groups in total. The Labute approximate surface area is 212 Å². The van der Waals surface area contributed by atoms with Crippen LogP contribution in [0.1, 0.15) is 37.2 Å². The number of nitrogens with zero attached hydrogens (tertiary/aromatic N) is 4. The zero-order chi connectivity index (χ0) is 25.8. The molecule has 0 unspecified atom stereocenters. The number of hydrogen-bond acceptors (Lipinski definition) is 5. The van der Waals surface area contributed by atoms with E-state index in [0.29, 0.717) is 48.7 Å². The summed E-state index contributed by atoms with van der Waals surface area (Å²) in [5.74, 6) is 1.14. The first-order valence-corrected chi connectivity index (χ1v) is 12.3. The molecule has 0 spiro atoms. The number of amides is 2. The van der Waals surface area contributed by atoms with E-state index in [4.69, 9.17) is 14.6 Å². The summed E-state index contributed by atoms with van der Waals surface area (Å²) in [5, 5.41) is 4.71. The second-order valence-electron chi connectivity index (χ2n) is 9.35. The van der Waals surface area contributed by atoms with Crippen molar-refractivity contribution in [2.45, 2.75) is 32.7 Å². The molecule has 36 heavy (non-hydrogen) atoms. The van der Waals surface area contributed by atoms with Crippen LogP contribution in [0.15, 0.2) is 54.7 Å². The number of ether oxygens (including phenoxy) is 2. The SMILES string of the molecule is COc1ccc(-c2cn(-c3ccccc3)nc2C(=O)N2CCC(C(=O)N(C)C(C)C)CC2)cc1OC. The van der Waals surface area contributed by atoms with Crippen molar-refractivity contribution in [2.24, 2.45) is 5.92 Å². The minimum atomic E-state index is -0.141. The molecule has 1 aromatic heterocycles. The van der Waals surface area contributed by atoms with Crippen LogP contribution in [-0.4, -0.2) is 71.8 Å². The van der Waals surface area contributed by atoms with Crippen LogP contribution >= 0.6 is 0 Å². The highest BCUT2D eigenvalue weighted by atomic mass is 16.5. The molecule has 1 fully saturated rings. The lowest BCUT2D eigenvalue weighted by molar-refractivity contribution is -0.137. The van der Waals surface area contributed by atoms with Gasteiger partial charge in [0.05, 0.1) is 19.9 Å². The summed E-state index contributed by atoms with van der Waals surface area (Å²) in [7, 11) is 5.02. The average Bonchev–Trinajstić information content (AvgIpc) is 3.37. The van der Waals surface area contributed by atoms with Gasteiger partial charge in [-0.3, -0.25) is 9.59 Å². The lowest BCUT2D eigenvalue weighted by Gasteiger charge is -2.34. The fraction of sp³-hybridized carbons (Fsp3) is 0.393. The van der Waals surface area contributed by atoms with Gasteiger partial charge in [0.1, 0.15) is 0 Å². The standard InChI is InChI=1S/C28H34N4O4/c1-19(2)30(3)27(33)20-13-15-31(16-14-20)28(34)26-23(18-32(29-26)22-9-7-6-8-10-22)21-11-12-24(35-4)25(17-21)36-5/h6-12,17-20H,13-16H2,1-5H3. The van der Waals surface area contributed by atoms with Gasteiger partial charge in [0, 0.05) is 43.9 Å². The summed E-state index contributed by atoms with van der Waals surface area (Å²) in [5.41, 5.74) is 2.75. The Hall–Kier alpha value is -3.81. The van der Waals surface area contributed by atoms with Gasteiger partial charge in [-0.2, -0.15) is 5.10 Å². The number of carbonyl (C=O) groups is 2. The molecular weight excluding hydrogens is 456 g/mol. The largest absolute Gasteiger partial charge is 0.493 e. The Kier molecular flexibility index (Phi) is 7.62. The van der Waals surface area contributed by atoms with E-state index in [9.17, 15) is 9.59 Å². The van der Waals surface area contributed by atoms with Crippen LogP contribution in [0.3, 0.4) is 0 Å². The van der Waals surface area contributed by atoms with Crippen LogP contribution in [-0.2, 0) is 4.79 Å². The predicted octanol–water partition coefficient (Wildman–Crippen LogP) is 4.28. The van der Waals surface area contributed by atoms with E-state index in [-0.39, 0.29) is 23.8 Å². The number of methoxy groups -OCH3 is 2. The van der Waals surface area contributed by atoms with Crippen molar-refractivity contribution in [3.8, 4) is 28.3 Å². The van der Waals surface area contributed by atoms with Gasteiger partial charge >= 0.3 is 0 Å². The van der Waals surface area contributed by atoms with E-state index in [1.165, 1.54) is 0 Å². The zero-order valence-corrected chi connectivity index (χ0v) is 21.6. The maximum atomic E-state index is 13.7. The number of benzene rings is 2. The normalized spacial score (nSPS) is 14.1. The van der Waals surface area contributed by atoms with E-state index in [2.05, 4.69) is 0 Å². The molecule has 190 valence electrons. The molecule has 8 heteroatoms. The van der Waals surface area contributed by atoms with E-state index in [0.717, 1.165) is 11.3 Å². The van der Waals surface area contributed by atoms with Crippen LogP contribution in [0.4, 0.5) is 0 Å². The summed E-state index contributed by atoms with van der Waals surface area (Å²) in [6.07, 6.45) is 3.16. The lowest BCUT2D eigenvalue weighted by Crippen LogP contribution is -2.45. The minimum Gasteiger partial charge on any atom is -0.493 e. The highest BCUT2D eigenvalue weighted by Crippen LogP contribution is 2.34. The zero-order valence-electron chi connectivity index (χ0n) is 21.6. The molecule has 0 bridgehead atoms. The molecular formula is C28H34N4O4. The molecule has 2 heterocycles. The van der Waals surface area contributed by atoms with Crippen molar-refractivity contribution in [3.05, 3.63) is 60.4 Å². The fourth-order valence-electron chi connectivity index (χ4n) is 4.48. The lowest BCUT2D eigenvalue weighted by atomic mass is 9.94. The Bertz CT molecular complexity index is 1210. The Morgan fingerprint density at radius 1 is 1.00 bits per heavy atom. The van der Waals surface area contributed by atoms with Crippen molar-refractivity contribution in [1.29, 1.82) is 0 Å². The van der Waals surface area contributed by atoms with E-state index < -0.39 is 0 Å². The van der Waals surface area contributed by atoms with E-state index in [1.54, 1.807) is 28.7 Å². The number of hydrogen-bond donors (Lipinski definition) is 0. The number of rotatable bonds is 7. The van der Waals surface area contributed by atoms with E-state index in [1.807, 2.05) is 75.6 Å². The van der Waals surface area contributed by atoms with Crippen LogP contribution in [0.5, 0.6) is 11.5 Å². The maximum Gasteiger partial charge on any atom is 0.275 e. The second-order valence-corrected chi connectivity index (χ2v) is 9.35. The van der Waals surface area contributed by atoms with Gasteiger partial charge in [0.25, 0.3) is 5.91 Å². The number of piperidine rings is 1. The Morgan fingerprint density at radius 3 is 2.28 bits per heavy atom. The van der Waals surface area contributed by atoms with Crippen molar-refractivity contribution in [3.63, 3.8) is 0 Å². The van der Waals surface area contributed by atoms with Gasteiger partial charge in [-0.1, -0.05) is 24.3 Å². The van der Waals surface area contributed by atoms with Crippen molar-refractivity contribution in [1.82, 2.24) is 19.6 Å². The van der Waals surface area contributed by atoms with Gasteiger partial charge in [-0.15, -0.1) is 0 Å². The first-order chi connectivity index (χ1) is 17.3. The van der Waals surface area contributed by atoms with Crippen molar-refractivity contribution in [2.75, 3.05) is 34.4 Å². The molecule has 0 aliphatic carbocycles. The third kappa shape index (κ3) is 5.08. The molecule has 2 amide bonds. The summed E-state index contributed by atoms with van der Waals surface area (Å²) in [4.78, 5) is 30.1. The highest BCUT2D eigenvalue weighted by Gasteiger charge is 2.32. The summed E-state index contributed by atoms with van der Waals surface area (Å²) in [6, 6.07) is 15.4. The molecule has 3 aromatic rings. The first kappa shape index (κ1) is 25.3. The molecule has 2 aromatic carbocycles. The quantitative estimate of drug-likeness (QED) is 0.494. The minimum absolute atomic E-state index is 0.0614. The molecule has 8 nitrogen and oxygen atoms in total. The van der Waals surface area contributed by atoms with Crippen molar-refractivity contribution >= 4 is 11.8 Å². The van der Waals surface area contributed by atoms with Crippen LogP contribution < -0.4 is 9.47 Å². The Morgan fingerprint density at radius 2 is 1.67 bits per heavy atom. The molecule has 1 aliphatic rings. The fourth-order valence-corrected chi connectivity index (χ4v) is 4.48. The molecule has 1 saturated heterocycles. The monoisotopic (exact) mass is 490 g/mol. The van der Waals surface area contributed by atoms with Crippen LogP contribution in [0, 0.1) is 5.92 Å². The molecule has 0 atom stereocenters. The van der Waals surface area contributed by atoms with Crippen molar-refractivity contribution < 1.29 is 19.1 Å². The third-order valence-corrected chi connectivity index (χ3v) is 6.89. The van der Waals surface area contributed by atoms with Crippen LogP contribution in [0.25, 0.3) is 16.8 Å². The predicted molar refractivity (Wildman–Crippen MR) is 139 cm³/mol. The third-order valence-electron chi connectivity index (χ3n) is 6.89. The Balaban J connectivity index is 1.64. The summed E-state index contributed by atoms with van der Waals surface area (Å²) < 4.78 is 12.6. The number of para-hydroxylation sites is 1.